The smallest absolute Gasteiger partial charge is 0.310 e. The first-order valence-electron chi connectivity index (χ1n) is 3.32. The van der Waals surface area contributed by atoms with Gasteiger partial charge in [-0.15, -0.1) is 0 Å². The summed E-state index contributed by atoms with van der Waals surface area (Å²) in [5.41, 5.74) is 6.27. The number of hydrogen-bond donors (Lipinski definition) is 2. The number of nitrogens with two attached hydrogens (primary N) is 1. The molecule has 3 N–H and O–H groups in total. The summed E-state index contributed by atoms with van der Waals surface area (Å²) < 4.78 is 12.6. The second-order valence-corrected chi connectivity index (χ2v) is 2.19. The van der Waals surface area contributed by atoms with E-state index < -0.39 is 6.08 Å². The minimum Gasteiger partial charge on any atom is -0.394 e. The maximum Gasteiger partial charge on any atom is 0.310 e. The van der Waals surface area contributed by atoms with Crippen molar-refractivity contribution in [3.63, 3.8) is 0 Å². The summed E-state index contributed by atoms with van der Waals surface area (Å²) in [5, 5.41) is 2.61. The average Bonchev–Trinajstić information content (AvgIpc) is 2.00. The molecule has 1 aromatic heterocycles. The molecule has 0 aromatic carbocycles. The Balaban J connectivity index is 3.17. The van der Waals surface area contributed by atoms with E-state index >= 15 is 0 Å². The van der Waals surface area contributed by atoms with E-state index in [9.17, 15) is 4.39 Å². The Bertz CT molecular complexity index is 311. The van der Waals surface area contributed by atoms with Crippen LogP contribution in [0, 0.1) is 13.0 Å². The second-order valence-electron chi connectivity index (χ2n) is 2.19. The predicted molar refractivity (Wildman–Crippen MR) is 45.0 cm³/mol. The van der Waals surface area contributed by atoms with E-state index in [1.165, 1.54) is 6.20 Å². The number of aromatic nitrogens is 2. The van der Waals surface area contributed by atoms with Gasteiger partial charge in [0.15, 0.2) is 5.82 Å². The van der Waals surface area contributed by atoms with Crippen LogP contribution in [0.15, 0.2) is 12.8 Å². The van der Waals surface area contributed by atoms with E-state index in [0.29, 0.717) is 11.4 Å². The van der Waals surface area contributed by atoms with Crippen molar-refractivity contribution in [2.24, 2.45) is 0 Å². The van der Waals surface area contributed by atoms with Crippen LogP contribution in [0.4, 0.5) is 15.9 Å². The van der Waals surface area contributed by atoms with Gasteiger partial charge in [-0.3, -0.25) is 0 Å². The number of nitrogen functional groups attached to an aromatic ring is 1. The third-order valence-corrected chi connectivity index (χ3v) is 1.35. The number of hydrogen-bond acceptors (Lipinski definition) is 4. The summed E-state index contributed by atoms with van der Waals surface area (Å²) in [6.07, 6.45) is 0.573. The highest BCUT2D eigenvalue weighted by atomic mass is 19.1. The number of halogens is 1. The molecule has 64 valence electrons. The first-order chi connectivity index (χ1) is 5.65. The average molecular weight is 168 g/mol. The highest BCUT2D eigenvalue weighted by molar-refractivity contribution is 5.63. The number of nitrogens with zero attached hydrogens (tertiary/aromatic N) is 2. The molecule has 0 aliphatic carbocycles. The van der Waals surface area contributed by atoms with Gasteiger partial charge in [0.1, 0.15) is 0 Å². The van der Waals surface area contributed by atoms with E-state index in [4.69, 9.17) is 5.73 Å². The standard InChI is InChI=1S/C7H9FN4/c1-3-10-6-5(9)4(2)11-7(8)12-6/h3H,1,9H2,2H3,(H,10,11,12). The van der Waals surface area contributed by atoms with Gasteiger partial charge < -0.3 is 11.1 Å². The molecule has 5 heteroatoms. The molecule has 0 saturated heterocycles. The zero-order chi connectivity index (χ0) is 9.14. The van der Waals surface area contributed by atoms with Crippen molar-refractivity contribution in [1.82, 2.24) is 9.97 Å². The molecule has 0 radical (unpaired) electrons. The van der Waals surface area contributed by atoms with Gasteiger partial charge in [0.25, 0.3) is 0 Å². The second kappa shape index (κ2) is 3.17. The third-order valence-electron chi connectivity index (χ3n) is 1.35. The molecule has 0 saturated carbocycles. The summed E-state index contributed by atoms with van der Waals surface area (Å²) in [7, 11) is 0. The minimum atomic E-state index is -0.800. The van der Waals surface area contributed by atoms with Crippen LogP contribution in [-0.2, 0) is 0 Å². The van der Waals surface area contributed by atoms with Crippen LogP contribution >= 0.6 is 0 Å². The maximum absolute atomic E-state index is 12.6. The summed E-state index contributed by atoms with van der Waals surface area (Å²) in [6, 6.07) is 0. The molecule has 4 nitrogen and oxygen atoms in total. The van der Waals surface area contributed by atoms with Gasteiger partial charge in [-0.25, -0.2) is 4.98 Å². The number of anilines is 2. The molecule has 1 aromatic rings. The fourth-order valence-corrected chi connectivity index (χ4v) is 0.754. The number of aryl methyl sites for hydroxylation is 1. The quantitative estimate of drug-likeness (QED) is 0.648. The summed E-state index contributed by atoms with van der Waals surface area (Å²) >= 11 is 0. The van der Waals surface area contributed by atoms with Crippen molar-refractivity contribution < 1.29 is 4.39 Å². The molecule has 0 fully saturated rings. The first-order valence-corrected chi connectivity index (χ1v) is 3.32. The largest absolute Gasteiger partial charge is 0.394 e. The Labute approximate surface area is 69.3 Å². The third kappa shape index (κ3) is 1.50. The summed E-state index contributed by atoms with van der Waals surface area (Å²) in [4.78, 5) is 6.88. The number of rotatable bonds is 2. The lowest BCUT2D eigenvalue weighted by molar-refractivity contribution is 0.538. The van der Waals surface area contributed by atoms with Crippen LogP contribution in [0.3, 0.4) is 0 Å². The lowest BCUT2D eigenvalue weighted by Gasteiger charge is -2.05. The predicted octanol–water partition coefficient (Wildman–Crippen LogP) is 1.06. The molecule has 12 heavy (non-hydrogen) atoms. The van der Waals surface area contributed by atoms with Crippen molar-refractivity contribution in [2.45, 2.75) is 6.92 Å². The van der Waals surface area contributed by atoms with Gasteiger partial charge in [-0.2, -0.15) is 9.37 Å². The monoisotopic (exact) mass is 168 g/mol. The van der Waals surface area contributed by atoms with Crippen LogP contribution < -0.4 is 11.1 Å². The molecule has 0 aliphatic heterocycles. The Hall–Kier alpha value is -1.65. The van der Waals surface area contributed by atoms with Gasteiger partial charge >= 0.3 is 6.08 Å². The Morgan fingerprint density at radius 2 is 2.25 bits per heavy atom. The molecule has 1 rings (SSSR count). The van der Waals surface area contributed by atoms with Crippen molar-refractivity contribution in [2.75, 3.05) is 11.1 Å². The molecular formula is C7H9FN4. The Morgan fingerprint density at radius 1 is 1.58 bits per heavy atom. The van der Waals surface area contributed by atoms with E-state index in [1.807, 2.05) is 0 Å². The molecule has 0 aliphatic rings. The lowest BCUT2D eigenvalue weighted by atomic mass is 10.3. The summed E-state index contributed by atoms with van der Waals surface area (Å²) in [6.45, 7) is 5.01. The summed E-state index contributed by atoms with van der Waals surface area (Å²) in [5.74, 6) is 0.245. The van der Waals surface area contributed by atoms with Crippen molar-refractivity contribution >= 4 is 11.5 Å². The van der Waals surface area contributed by atoms with Crippen molar-refractivity contribution in [1.29, 1.82) is 0 Å². The van der Waals surface area contributed by atoms with Gasteiger partial charge in [-0.05, 0) is 13.1 Å². The Morgan fingerprint density at radius 3 is 2.83 bits per heavy atom. The van der Waals surface area contributed by atoms with Crippen LogP contribution in [0.25, 0.3) is 0 Å². The normalized spacial score (nSPS) is 9.50. The van der Waals surface area contributed by atoms with E-state index in [2.05, 4.69) is 21.9 Å². The van der Waals surface area contributed by atoms with Gasteiger partial charge in [-0.1, -0.05) is 6.58 Å². The SMILES string of the molecule is C=CNc1nc(F)nc(C)c1N. The fourth-order valence-electron chi connectivity index (χ4n) is 0.754. The van der Waals surface area contributed by atoms with Gasteiger partial charge in [0.05, 0.1) is 11.4 Å². The molecule has 0 amide bonds. The topological polar surface area (TPSA) is 63.8 Å². The first kappa shape index (κ1) is 8.45. The highest BCUT2D eigenvalue weighted by Gasteiger charge is 2.06. The number of nitrogens with one attached hydrogen (secondary N) is 1. The van der Waals surface area contributed by atoms with Crippen LogP contribution in [0.5, 0.6) is 0 Å². The molecular weight excluding hydrogens is 159 g/mol. The molecule has 0 spiro atoms. The highest BCUT2D eigenvalue weighted by Crippen LogP contribution is 2.17. The fraction of sp³-hybridized carbons (Fsp3) is 0.143. The minimum absolute atomic E-state index is 0.245. The molecule has 0 bridgehead atoms. The van der Waals surface area contributed by atoms with Crippen LogP contribution in [-0.4, -0.2) is 9.97 Å². The lowest BCUT2D eigenvalue weighted by Crippen LogP contribution is -2.04. The zero-order valence-corrected chi connectivity index (χ0v) is 6.63. The van der Waals surface area contributed by atoms with Gasteiger partial charge in [0, 0.05) is 0 Å². The van der Waals surface area contributed by atoms with Gasteiger partial charge in [0.2, 0.25) is 0 Å². The van der Waals surface area contributed by atoms with E-state index in [-0.39, 0.29) is 5.82 Å². The Kier molecular flexibility index (Phi) is 2.23. The van der Waals surface area contributed by atoms with Crippen molar-refractivity contribution in [3.8, 4) is 0 Å². The van der Waals surface area contributed by atoms with Crippen molar-refractivity contribution in [3.05, 3.63) is 24.6 Å². The van der Waals surface area contributed by atoms with Crippen LogP contribution in [0.2, 0.25) is 0 Å². The molecule has 0 atom stereocenters. The van der Waals surface area contributed by atoms with E-state index in [1.54, 1.807) is 6.92 Å². The van der Waals surface area contributed by atoms with E-state index in [0.717, 1.165) is 0 Å². The zero-order valence-electron chi connectivity index (χ0n) is 6.63. The van der Waals surface area contributed by atoms with Crippen LogP contribution in [0.1, 0.15) is 5.69 Å². The molecule has 0 unspecified atom stereocenters. The molecule has 1 heterocycles. The maximum atomic E-state index is 12.6.